The van der Waals surface area contributed by atoms with Gasteiger partial charge in [-0.3, -0.25) is 0 Å². The first-order valence-electron chi connectivity index (χ1n) is 5.07. The molecule has 17 heavy (non-hydrogen) atoms. The summed E-state index contributed by atoms with van der Waals surface area (Å²) in [7, 11) is -0.166. The normalized spacial score (nSPS) is 24.6. The third-order valence-electron chi connectivity index (χ3n) is 2.08. The molecule has 1 amide bonds. The van der Waals surface area contributed by atoms with Crippen molar-refractivity contribution in [2.24, 2.45) is 10.3 Å². The van der Waals surface area contributed by atoms with Crippen LogP contribution in [0.2, 0.25) is 0 Å². The highest BCUT2D eigenvalue weighted by Crippen LogP contribution is 2.17. The summed E-state index contributed by atoms with van der Waals surface area (Å²) >= 11 is 0. The van der Waals surface area contributed by atoms with Crippen LogP contribution in [0.5, 0.6) is 0 Å². The van der Waals surface area contributed by atoms with E-state index in [1.807, 2.05) is 0 Å². The first-order valence-corrected chi connectivity index (χ1v) is 6.24. The number of carbonyl (C=O) groups is 1. The highest BCUT2D eigenvalue weighted by atomic mass is 32.2. The monoisotopic (exact) mass is 261 g/mol. The second-order valence-corrected chi connectivity index (χ2v) is 4.84. The molecule has 0 aromatic heterocycles. The first kappa shape index (κ1) is 13.6. The van der Waals surface area contributed by atoms with Crippen molar-refractivity contribution < 1.29 is 18.6 Å². The van der Waals surface area contributed by atoms with Gasteiger partial charge >= 0.3 is 6.09 Å². The van der Waals surface area contributed by atoms with Gasteiger partial charge in [-0.1, -0.05) is 5.16 Å². The topological polar surface area (TPSA) is 80.6 Å². The Morgan fingerprint density at radius 3 is 2.82 bits per heavy atom. The summed E-state index contributed by atoms with van der Waals surface area (Å²) in [5.74, 6) is 0. The first-order chi connectivity index (χ1) is 8.02. The smallest absolute Gasteiger partial charge is 0.443 e. The van der Waals surface area contributed by atoms with Gasteiger partial charge in [-0.15, -0.1) is 4.41 Å². The average Bonchev–Trinajstić information content (AvgIpc) is 2.57. The molecule has 0 aromatic carbocycles. The van der Waals surface area contributed by atoms with Gasteiger partial charge in [0.05, 0.1) is 11.9 Å². The van der Waals surface area contributed by atoms with Crippen LogP contribution in [0.3, 0.4) is 0 Å². The minimum Gasteiger partial charge on any atom is -0.448 e. The van der Waals surface area contributed by atoms with Crippen LogP contribution in [-0.2, 0) is 20.6 Å². The Kier molecular flexibility index (Phi) is 4.62. The lowest BCUT2D eigenvalue weighted by atomic mass is 10.2. The molecule has 7 nitrogen and oxygen atoms in total. The molecular weight excluding hydrogens is 246 g/mol. The second-order valence-electron chi connectivity index (χ2n) is 3.23. The number of hydrazone groups is 1. The SMILES string of the molecule is CCOC(=O)N1N=C(/C(C)=N\OC)C(C)S1=O. The predicted octanol–water partition coefficient (Wildman–Crippen LogP) is 0.889. The molecule has 1 rings (SSSR count). The summed E-state index contributed by atoms with van der Waals surface area (Å²) in [6, 6.07) is 0. The van der Waals surface area contributed by atoms with Crippen LogP contribution in [0.1, 0.15) is 20.8 Å². The summed E-state index contributed by atoms with van der Waals surface area (Å²) in [4.78, 5) is 16.1. The molecule has 1 heterocycles. The number of nitrogens with zero attached hydrogens (tertiary/aromatic N) is 3. The van der Waals surface area contributed by atoms with Gasteiger partial charge in [0, 0.05) is 0 Å². The third kappa shape index (κ3) is 2.82. The van der Waals surface area contributed by atoms with Crippen molar-refractivity contribution in [3.63, 3.8) is 0 Å². The lowest BCUT2D eigenvalue weighted by Crippen LogP contribution is -2.30. The molecule has 8 heteroatoms. The van der Waals surface area contributed by atoms with Crippen LogP contribution in [0.15, 0.2) is 10.3 Å². The van der Waals surface area contributed by atoms with Gasteiger partial charge in [0.15, 0.2) is 11.0 Å². The quantitative estimate of drug-likeness (QED) is 0.558. The van der Waals surface area contributed by atoms with Gasteiger partial charge in [-0.2, -0.15) is 5.10 Å². The maximum atomic E-state index is 11.9. The molecule has 2 atom stereocenters. The molecule has 0 aromatic rings. The number of amides is 1. The molecule has 0 saturated heterocycles. The zero-order valence-corrected chi connectivity index (χ0v) is 11.0. The van der Waals surface area contributed by atoms with Crippen molar-refractivity contribution in [2.45, 2.75) is 26.0 Å². The van der Waals surface area contributed by atoms with E-state index < -0.39 is 22.3 Å². The molecule has 2 unspecified atom stereocenters. The fourth-order valence-electron chi connectivity index (χ4n) is 1.31. The average molecular weight is 261 g/mol. The minimum absolute atomic E-state index is 0.205. The zero-order valence-electron chi connectivity index (χ0n) is 10.2. The van der Waals surface area contributed by atoms with Crippen LogP contribution in [0.25, 0.3) is 0 Å². The van der Waals surface area contributed by atoms with Crippen LogP contribution in [0.4, 0.5) is 4.79 Å². The van der Waals surface area contributed by atoms with E-state index in [9.17, 15) is 9.00 Å². The summed E-state index contributed by atoms with van der Waals surface area (Å²) in [6.07, 6.45) is -0.724. The molecule has 0 saturated carbocycles. The molecule has 1 aliphatic rings. The Bertz CT molecular complexity index is 394. The molecular formula is C9H15N3O4S. The van der Waals surface area contributed by atoms with Crippen molar-refractivity contribution in [3.8, 4) is 0 Å². The molecule has 1 aliphatic heterocycles. The Balaban J connectivity index is 2.94. The molecule has 0 fully saturated rings. The van der Waals surface area contributed by atoms with E-state index in [4.69, 9.17) is 4.74 Å². The largest absolute Gasteiger partial charge is 0.448 e. The van der Waals surface area contributed by atoms with E-state index in [0.29, 0.717) is 11.4 Å². The molecule has 96 valence electrons. The van der Waals surface area contributed by atoms with Gasteiger partial charge in [-0.05, 0) is 20.8 Å². The Morgan fingerprint density at radius 1 is 1.65 bits per heavy atom. The van der Waals surface area contributed by atoms with Crippen molar-refractivity contribution in [3.05, 3.63) is 0 Å². The highest BCUT2D eigenvalue weighted by molar-refractivity contribution is 7.85. The zero-order chi connectivity index (χ0) is 13.0. The molecule has 0 N–H and O–H groups in total. The second kappa shape index (κ2) is 5.76. The van der Waals surface area contributed by atoms with E-state index in [-0.39, 0.29) is 6.61 Å². The summed E-state index contributed by atoms with van der Waals surface area (Å²) in [5, 5.41) is 7.24. The van der Waals surface area contributed by atoms with Crippen LogP contribution >= 0.6 is 0 Å². The number of oxime groups is 1. The maximum absolute atomic E-state index is 11.9. The van der Waals surface area contributed by atoms with Gasteiger partial charge in [0.25, 0.3) is 0 Å². The van der Waals surface area contributed by atoms with Gasteiger partial charge in [-0.25, -0.2) is 9.00 Å². The standard InChI is InChI=1S/C9H15N3O4S/c1-5-16-9(13)12-10-8(6(2)11-15-4)7(3)17(12)14/h7H,5H2,1-4H3/b11-6-. The van der Waals surface area contributed by atoms with E-state index in [1.54, 1.807) is 20.8 Å². The van der Waals surface area contributed by atoms with E-state index in [0.717, 1.165) is 4.41 Å². The van der Waals surface area contributed by atoms with Gasteiger partial charge < -0.3 is 9.57 Å². The molecule has 0 bridgehead atoms. The minimum atomic E-state index is -1.57. The van der Waals surface area contributed by atoms with Crippen LogP contribution < -0.4 is 0 Å². The van der Waals surface area contributed by atoms with Crippen molar-refractivity contribution in [2.75, 3.05) is 13.7 Å². The third-order valence-corrected chi connectivity index (χ3v) is 3.48. The number of carbonyl (C=O) groups excluding carboxylic acids is 1. The van der Waals surface area contributed by atoms with E-state index in [1.165, 1.54) is 7.11 Å². The Hall–Kier alpha value is -1.44. The lowest BCUT2D eigenvalue weighted by Gasteiger charge is -2.10. The number of hydrogen-bond acceptors (Lipinski definition) is 6. The molecule has 0 aliphatic carbocycles. The fraction of sp³-hybridized carbons (Fsp3) is 0.667. The highest BCUT2D eigenvalue weighted by Gasteiger charge is 2.37. The maximum Gasteiger partial charge on any atom is 0.443 e. The fourth-order valence-corrected chi connectivity index (χ4v) is 2.38. The van der Waals surface area contributed by atoms with Crippen molar-refractivity contribution in [1.29, 1.82) is 0 Å². The molecule has 0 radical (unpaired) electrons. The van der Waals surface area contributed by atoms with E-state index in [2.05, 4.69) is 15.1 Å². The summed E-state index contributed by atoms with van der Waals surface area (Å²) in [5.41, 5.74) is 0.943. The number of rotatable bonds is 3. The van der Waals surface area contributed by atoms with Crippen molar-refractivity contribution in [1.82, 2.24) is 4.41 Å². The number of ether oxygens (including phenoxy) is 1. The number of hydrogen-bond donors (Lipinski definition) is 0. The summed E-state index contributed by atoms with van der Waals surface area (Å²) < 4.78 is 17.4. The van der Waals surface area contributed by atoms with Crippen molar-refractivity contribution >= 4 is 28.5 Å². The predicted molar refractivity (Wildman–Crippen MR) is 64.0 cm³/mol. The van der Waals surface area contributed by atoms with Gasteiger partial charge in [0.2, 0.25) is 0 Å². The lowest BCUT2D eigenvalue weighted by molar-refractivity contribution is 0.134. The van der Waals surface area contributed by atoms with Crippen LogP contribution in [-0.4, -0.2) is 45.1 Å². The molecule has 0 spiro atoms. The van der Waals surface area contributed by atoms with E-state index >= 15 is 0 Å². The van der Waals surface area contributed by atoms with Gasteiger partial charge in [0.1, 0.15) is 18.5 Å². The Morgan fingerprint density at radius 2 is 2.29 bits per heavy atom. The summed E-state index contributed by atoms with van der Waals surface area (Å²) in [6.45, 7) is 5.24. The van der Waals surface area contributed by atoms with Crippen LogP contribution in [0, 0.1) is 0 Å². The Labute approximate surface area is 102 Å².